The fourth-order valence-corrected chi connectivity index (χ4v) is 5.41. The van der Waals surface area contributed by atoms with Crippen molar-refractivity contribution < 1.29 is 18.7 Å². The van der Waals surface area contributed by atoms with E-state index in [4.69, 9.17) is 9.47 Å². The summed E-state index contributed by atoms with van der Waals surface area (Å²) >= 11 is 0. The second-order valence-electron chi connectivity index (χ2n) is 10.1. The van der Waals surface area contributed by atoms with Crippen molar-refractivity contribution in [3.05, 3.63) is 132 Å². The predicted molar refractivity (Wildman–Crippen MR) is 154 cm³/mol. The van der Waals surface area contributed by atoms with Crippen LogP contribution in [0, 0.1) is 5.82 Å². The van der Waals surface area contributed by atoms with E-state index in [1.807, 2.05) is 77.7 Å². The summed E-state index contributed by atoms with van der Waals surface area (Å²) in [6.07, 6.45) is 2.48. The van der Waals surface area contributed by atoms with Crippen LogP contribution in [0.5, 0.6) is 11.5 Å². The van der Waals surface area contributed by atoms with Crippen molar-refractivity contribution in [2.75, 3.05) is 26.3 Å². The van der Waals surface area contributed by atoms with Gasteiger partial charge >= 0.3 is 0 Å². The molecule has 1 fully saturated rings. The Morgan fingerprint density at radius 3 is 2.38 bits per heavy atom. The highest BCUT2D eigenvalue weighted by molar-refractivity contribution is 5.87. The Labute approximate surface area is 233 Å². The van der Waals surface area contributed by atoms with Crippen LogP contribution < -0.4 is 4.74 Å². The molecule has 1 unspecified atom stereocenters. The number of fused-ring (bicyclic) bond motifs is 1. The zero-order valence-electron chi connectivity index (χ0n) is 22.2. The molecular formula is C34H31FN2O3. The van der Waals surface area contributed by atoms with E-state index in [0.29, 0.717) is 39.3 Å². The maximum absolute atomic E-state index is 13.6. The highest BCUT2D eigenvalue weighted by Crippen LogP contribution is 2.37. The van der Waals surface area contributed by atoms with Gasteiger partial charge in [-0.2, -0.15) is 0 Å². The van der Waals surface area contributed by atoms with Crippen LogP contribution in [0.2, 0.25) is 0 Å². The van der Waals surface area contributed by atoms with Gasteiger partial charge in [0.05, 0.1) is 13.2 Å². The lowest BCUT2D eigenvalue weighted by molar-refractivity contribution is -0.135. The van der Waals surface area contributed by atoms with E-state index in [1.165, 1.54) is 12.1 Å². The summed E-state index contributed by atoms with van der Waals surface area (Å²) in [4.78, 5) is 15.5. The Kier molecular flexibility index (Phi) is 7.60. The Hall–Kier alpha value is -4.42. The van der Waals surface area contributed by atoms with E-state index < -0.39 is 0 Å². The molecule has 5 aromatic rings. The fourth-order valence-electron chi connectivity index (χ4n) is 5.41. The molecule has 0 N–H and O–H groups in total. The number of carbonyl (C=O) groups is 1. The van der Waals surface area contributed by atoms with Gasteiger partial charge < -0.3 is 18.9 Å². The minimum Gasteiger partial charge on any atom is -0.457 e. The number of nitrogens with zero attached hydrogens (tertiary/aromatic N) is 2. The van der Waals surface area contributed by atoms with Crippen LogP contribution in [-0.4, -0.2) is 41.7 Å². The molecule has 4 aromatic carbocycles. The molecule has 1 aromatic heterocycles. The summed E-state index contributed by atoms with van der Waals surface area (Å²) in [5.74, 6) is 1.16. The largest absolute Gasteiger partial charge is 0.457 e. The number of ether oxygens (including phenoxy) is 2. The molecule has 1 aliphatic heterocycles. The number of morpholine rings is 1. The van der Waals surface area contributed by atoms with Crippen LogP contribution in [0.3, 0.4) is 0 Å². The van der Waals surface area contributed by atoms with E-state index in [1.54, 1.807) is 0 Å². The number of aromatic nitrogens is 1. The first-order chi connectivity index (χ1) is 19.6. The lowest BCUT2D eigenvalue weighted by Gasteiger charge is -2.29. The third kappa shape index (κ3) is 5.77. The maximum atomic E-state index is 13.6. The Balaban J connectivity index is 1.40. The Bertz CT molecular complexity index is 1590. The van der Waals surface area contributed by atoms with Gasteiger partial charge in [0.15, 0.2) is 0 Å². The quantitative estimate of drug-likeness (QED) is 0.215. The van der Waals surface area contributed by atoms with Crippen molar-refractivity contribution >= 4 is 16.8 Å². The third-order valence-electron chi connectivity index (χ3n) is 7.44. The van der Waals surface area contributed by atoms with E-state index >= 15 is 0 Å². The molecular weight excluding hydrogens is 503 g/mol. The van der Waals surface area contributed by atoms with E-state index in [9.17, 15) is 9.18 Å². The zero-order chi connectivity index (χ0) is 27.3. The molecule has 40 heavy (non-hydrogen) atoms. The minimum atomic E-state index is -0.249. The molecule has 202 valence electrons. The van der Waals surface area contributed by atoms with Crippen LogP contribution >= 0.6 is 0 Å². The van der Waals surface area contributed by atoms with Crippen LogP contribution in [-0.2, 0) is 16.1 Å². The molecule has 1 saturated heterocycles. The van der Waals surface area contributed by atoms with Gasteiger partial charge in [0.2, 0.25) is 5.91 Å². The molecule has 5 nitrogen and oxygen atoms in total. The lowest BCUT2D eigenvalue weighted by Crippen LogP contribution is -2.41. The highest BCUT2D eigenvalue weighted by Gasteiger charge is 2.26. The third-order valence-corrected chi connectivity index (χ3v) is 7.44. The molecule has 1 aliphatic rings. The van der Waals surface area contributed by atoms with Crippen LogP contribution in [0.25, 0.3) is 10.9 Å². The number of halogens is 1. The molecule has 0 aliphatic carbocycles. The van der Waals surface area contributed by atoms with Gasteiger partial charge in [0.25, 0.3) is 0 Å². The molecule has 1 atom stereocenters. The normalized spacial score (nSPS) is 14.3. The van der Waals surface area contributed by atoms with Gasteiger partial charge in [0.1, 0.15) is 17.3 Å². The van der Waals surface area contributed by atoms with E-state index in [0.717, 1.165) is 39.1 Å². The molecule has 2 heterocycles. The van der Waals surface area contributed by atoms with Gasteiger partial charge in [-0.15, -0.1) is 0 Å². The van der Waals surface area contributed by atoms with Gasteiger partial charge in [-0.1, -0.05) is 60.7 Å². The first kappa shape index (κ1) is 25.8. The standard InChI is InChI=1S/C34H31FN2O3/c35-27-15-13-25(14-16-27)23-37-24-32(30-11-4-5-12-33(30)37)31(22-34(38)36-17-19-39-20-18-36)26-7-6-10-29(21-26)40-28-8-2-1-3-9-28/h1-16,21,24,31H,17-20,22-23H2. The second kappa shape index (κ2) is 11.8. The zero-order valence-corrected chi connectivity index (χ0v) is 22.2. The molecule has 6 heteroatoms. The molecule has 6 rings (SSSR count). The molecule has 0 bridgehead atoms. The maximum Gasteiger partial charge on any atom is 0.223 e. The Morgan fingerprint density at radius 1 is 0.850 bits per heavy atom. The first-order valence-electron chi connectivity index (χ1n) is 13.6. The summed E-state index contributed by atoms with van der Waals surface area (Å²) in [5, 5.41) is 1.10. The number of hydrogen-bond donors (Lipinski definition) is 0. The number of hydrogen-bond acceptors (Lipinski definition) is 3. The fraction of sp³-hybridized carbons (Fsp3) is 0.206. The van der Waals surface area contributed by atoms with Gasteiger partial charge in [-0.3, -0.25) is 4.79 Å². The summed E-state index contributed by atoms with van der Waals surface area (Å²) in [6.45, 7) is 2.94. The second-order valence-corrected chi connectivity index (χ2v) is 10.1. The lowest BCUT2D eigenvalue weighted by atomic mass is 9.87. The SMILES string of the molecule is O=C(CC(c1cccc(Oc2ccccc2)c1)c1cn(Cc2ccc(F)cc2)c2ccccc12)N1CCOCC1. The smallest absolute Gasteiger partial charge is 0.223 e. The molecule has 0 saturated carbocycles. The summed E-state index contributed by atoms with van der Waals surface area (Å²) in [6, 6.07) is 32.6. The summed E-state index contributed by atoms with van der Waals surface area (Å²) < 4.78 is 27.4. The van der Waals surface area contributed by atoms with Crippen molar-refractivity contribution in [3.8, 4) is 11.5 Å². The van der Waals surface area contributed by atoms with Gasteiger partial charge in [-0.25, -0.2) is 4.39 Å². The number of carbonyl (C=O) groups excluding carboxylic acids is 1. The number of para-hydroxylation sites is 2. The van der Waals surface area contributed by atoms with Crippen molar-refractivity contribution in [2.24, 2.45) is 0 Å². The molecule has 1 amide bonds. The van der Waals surface area contributed by atoms with Crippen molar-refractivity contribution in [1.29, 1.82) is 0 Å². The van der Waals surface area contributed by atoms with Crippen LogP contribution in [0.4, 0.5) is 4.39 Å². The first-order valence-corrected chi connectivity index (χ1v) is 13.6. The molecule has 0 radical (unpaired) electrons. The average Bonchev–Trinajstić information content (AvgIpc) is 3.36. The van der Waals surface area contributed by atoms with E-state index in [2.05, 4.69) is 29.0 Å². The van der Waals surface area contributed by atoms with E-state index in [-0.39, 0.29) is 17.6 Å². The van der Waals surface area contributed by atoms with Crippen LogP contribution in [0.15, 0.2) is 109 Å². The number of amides is 1. The number of rotatable bonds is 8. The van der Waals surface area contributed by atoms with Crippen molar-refractivity contribution in [1.82, 2.24) is 9.47 Å². The Morgan fingerprint density at radius 2 is 1.57 bits per heavy atom. The highest BCUT2D eigenvalue weighted by atomic mass is 19.1. The monoisotopic (exact) mass is 534 g/mol. The van der Waals surface area contributed by atoms with Gasteiger partial charge in [-0.05, 0) is 59.2 Å². The average molecular weight is 535 g/mol. The summed E-state index contributed by atoms with van der Waals surface area (Å²) in [7, 11) is 0. The number of benzene rings is 4. The predicted octanol–water partition coefficient (Wildman–Crippen LogP) is 7.00. The van der Waals surface area contributed by atoms with Gasteiger partial charge in [0, 0.05) is 49.1 Å². The van der Waals surface area contributed by atoms with Crippen molar-refractivity contribution in [3.63, 3.8) is 0 Å². The summed E-state index contributed by atoms with van der Waals surface area (Å²) in [5.41, 5.74) is 4.17. The topological polar surface area (TPSA) is 43.7 Å². The molecule has 0 spiro atoms. The minimum absolute atomic E-state index is 0.109. The van der Waals surface area contributed by atoms with Crippen LogP contribution in [0.1, 0.15) is 29.0 Å². The van der Waals surface area contributed by atoms with Crippen molar-refractivity contribution in [2.45, 2.75) is 18.9 Å².